The second-order valence-electron chi connectivity index (χ2n) is 18.2. The molecule has 1 aliphatic carbocycles. The summed E-state index contributed by atoms with van der Waals surface area (Å²) in [5, 5.41) is 20.0. The number of amidine groups is 4. The number of nitrogens with zero attached hydrogens (tertiary/aromatic N) is 10. The van der Waals surface area contributed by atoms with Crippen molar-refractivity contribution in [2.45, 2.75) is 31.0 Å². The van der Waals surface area contributed by atoms with Gasteiger partial charge in [-0.25, -0.2) is 20.0 Å². The number of ether oxygens (including phenoxy) is 2. The summed E-state index contributed by atoms with van der Waals surface area (Å²) >= 11 is 3.31. The van der Waals surface area contributed by atoms with Crippen LogP contribution in [0.25, 0.3) is 11.1 Å². The van der Waals surface area contributed by atoms with E-state index in [0.29, 0.717) is 34.3 Å². The average molecular weight is 1140 g/mol. The van der Waals surface area contributed by atoms with Crippen molar-refractivity contribution in [2.75, 3.05) is 34.4 Å². The summed E-state index contributed by atoms with van der Waals surface area (Å²) in [5.41, 5.74) is 22.9. The Morgan fingerprint density at radius 2 is 1.01 bits per heavy atom. The van der Waals surface area contributed by atoms with E-state index in [1.165, 1.54) is 72.3 Å². The van der Waals surface area contributed by atoms with Gasteiger partial charge in [-0.3, -0.25) is 0 Å². The van der Waals surface area contributed by atoms with Crippen molar-refractivity contribution in [3.05, 3.63) is 203 Å². The molecular weight excluding hydrogens is 1090 g/mol. The van der Waals surface area contributed by atoms with Gasteiger partial charge in [-0.2, -0.15) is 10.2 Å². The molecule has 81 heavy (non-hydrogen) atoms. The van der Waals surface area contributed by atoms with Crippen LogP contribution >= 0.6 is 23.5 Å². The van der Waals surface area contributed by atoms with E-state index in [2.05, 4.69) is 109 Å². The first-order chi connectivity index (χ1) is 39.2. The molecule has 22 heteroatoms. The summed E-state index contributed by atoms with van der Waals surface area (Å²) in [6.07, 6.45) is -2.73. The van der Waals surface area contributed by atoms with Crippen LogP contribution in [0, 0.1) is 0 Å². The third-order valence-corrected chi connectivity index (χ3v) is 14.8. The molecule has 3 fully saturated rings. The molecule has 2 atom stereocenters. The molecule has 2 aliphatic heterocycles. The van der Waals surface area contributed by atoms with E-state index in [1.807, 2.05) is 42.5 Å². The lowest BCUT2D eigenvalue weighted by atomic mass is 9.97. The zero-order valence-electron chi connectivity index (χ0n) is 42.7. The van der Waals surface area contributed by atoms with Gasteiger partial charge in [-0.15, -0.1) is 36.5 Å². The summed E-state index contributed by atoms with van der Waals surface area (Å²) in [6.45, 7) is 1.55. The number of rotatable bonds is 17. The van der Waals surface area contributed by atoms with Gasteiger partial charge in [-0.1, -0.05) is 133 Å². The molecule has 7 aromatic carbocycles. The van der Waals surface area contributed by atoms with Crippen molar-refractivity contribution in [1.29, 1.82) is 0 Å². The predicted octanol–water partition coefficient (Wildman–Crippen LogP) is 13.4. The number of nitrogens with two attached hydrogens (primary N) is 2. The fourth-order valence-corrected chi connectivity index (χ4v) is 10.8. The summed E-state index contributed by atoms with van der Waals surface area (Å²) in [7, 11) is 0. The second-order valence-corrected chi connectivity index (χ2v) is 20.4. The van der Waals surface area contributed by atoms with E-state index in [-0.39, 0.29) is 23.2 Å². The second kappa shape index (κ2) is 25.0. The Morgan fingerprint density at radius 1 is 0.531 bits per heavy atom. The summed E-state index contributed by atoms with van der Waals surface area (Å²) in [4.78, 5) is 21.1. The van der Waals surface area contributed by atoms with Gasteiger partial charge in [0.05, 0.1) is 29.5 Å². The van der Waals surface area contributed by atoms with Crippen molar-refractivity contribution in [3.8, 4) is 22.6 Å². The molecule has 10 rings (SSSR count). The third kappa shape index (κ3) is 14.8. The van der Waals surface area contributed by atoms with E-state index in [1.54, 1.807) is 60.2 Å². The van der Waals surface area contributed by atoms with Crippen LogP contribution in [0.5, 0.6) is 11.5 Å². The molecule has 7 aromatic rings. The number of alkyl halides is 6. The van der Waals surface area contributed by atoms with E-state index in [0.717, 1.165) is 75.0 Å². The molecule has 3 aliphatic rings. The third-order valence-electron chi connectivity index (χ3n) is 12.9. The predicted molar refractivity (Wildman–Crippen MR) is 315 cm³/mol. The van der Waals surface area contributed by atoms with E-state index in [9.17, 15) is 26.3 Å². The Hall–Kier alpha value is -9.02. The maximum absolute atomic E-state index is 12.5. The fraction of sp³-hybridized carbons (Fsp3) is 0.153. The van der Waals surface area contributed by atoms with Crippen molar-refractivity contribution >= 4 is 93.4 Å². The first-order valence-electron chi connectivity index (χ1n) is 25.1. The number of hydrogen-bond acceptors (Lipinski definition) is 10. The maximum Gasteiger partial charge on any atom is 0.573 e. The number of hydrogen-bond donors (Lipinski definition) is 2. The summed E-state index contributed by atoms with van der Waals surface area (Å²) < 4.78 is 82.7. The number of halogens is 6. The smallest absolute Gasteiger partial charge is 0.406 e. The van der Waals surface area contributed by atoms with Crippen LogP contribution in [0.3, 0.4) is 0 Å². The Morgan fingerprint density at radius 3 is 1.52 bits per heavy atom. The molecule has 1 saturated carbocycles. The van der Waals surface area contributed by atoms with Gasteiger partial charge >= 0.3 is 12.7 Å². The highest BCUT2D eigenvalue weighted by Crippen LogP contribution is 2.58. The molecule has 0 bridgehead atoms. The lowest BCUT2D eigenvalue weighted by molar-refractivity contribution is -0.275. The highest BCUT2D eigenvalue weighted by atomic mass is 32.2. The number of thioether (sulfide) groups is 2. The van der Waals surface area contributed by atoms with Gasteiger partial charge in [0.2, 0.25) is 0 Å². The standard InChI is InChI=1S/C59H48F6N12O2S2/c60-58(61,62)78-46-23-19-44(20-24-46)68-36-70-54(66)41-14-10-38(11-15-41)34-72-74-56-76(28-30-80-56)52-9-5-4-8-49(52)51-33-50(51)43-18-27-48(40-6-2-1-3-7-40)53(32-43)77-29-31-81-57(77)75-73-35-39-12-16-42(17-13-39)55(67)71-37-69-45-21-25-47(26-22-45)79-59(63,64)65/h1-27,32,34-37,50-51H,28-31,33H2,(H2,66,68,70)(H2,67,69,71)/b72-34-,73-35-,74-56+,75-57+. The molecule has 4 N–H and O–H groups in total. The molecule has 0 spiro atoms. The Bertz CT molecular complexity index is 3590. The largest absolute Gasteiger partial charge is 0.573 e. The number of aliphatic imine (C=N–C) groups is 4. The molecular formula is C59H48F6N12O2S2. The Labute approximate surface area is 470 Å². The highest BCUT2D eigenvalue weighted by molar-refractivity contribution is 8.14. The molecule has 410 valence electrons. The fourth-order valence-electron chi connectivity index (χ4n) is 8.94. The normalized spacial score (nSPS) is 18.2. The summed E-state index contributed by atoms with van der Waals surface area (Å²) in [6, 6.07) is 50.5. The topological polar surface area (TPSA) is 176 Å². The first kappa shape index (κ1) is 55.3. The number of benzene rings is 7. The van der Waals surface area contributed by atoms with Crippen LogP contribution in [-0.2, 0) is 0 Å². The molecule has 0 aromatic heterocycles. The van der Waals surface area contributed by atoms with Crippen LogP contribution in [0.15, 0.2) is 210 Å². The SMILES string of the molecule is NC(=NC=Nc1ccc(OC(F)(F)F)cc1)c1ccc(/C=N\N=C2\SCCN2c2cc(C3CC3c3ccccc3N3CCS/C3=N/N=C\c3ccc(C(N)=NC=Nc4ccc(OC(F)(F)F)cc4)cc3)ccc2-c2ccccc2)cc1. The molecule has 2 unspecified atom stereocenters. The van der Waals surface area contributed by atoms with Crippen LogP contribution in [0.4, 0.5) is 49.1 Å². The zero-order valence-corrected chi connectivity index (χ0v) is 44.3. The van der Waals surface area contributed by atoms with E-state index in [4.69, 9.17) is 16.6 Å². The lowest BCUT2D eigenvalue weighted by Gasteiger charge is -2.23. The minimum Gasteiger partial charge on any atom is -0.406 e. The van der Waals surface area contributed by atoms with Gasteiger partial charge in [0, 0.05) is 47.0 Å². The monoisotopic (exact) mass is 1130 g/mol. The molecule has 2 saturated heterocycles. The average Bonchev–Trinajstić information content (AvgIpc) is 3.80. The van der Waals surface area contributed by atoms with Crippen molar-refractivity contribution < 1.29 is 35.8 Å². The zero-order chi connectivity index (χ0) is 56.3. The number of anilines is 2. The minimum absolute atomic E-state index is 0.200. The number of para-hydroxylation sites is 1. The van der Waals surface area contributed by atoms with Gasteiger partial charge in [0.1, 0.15) is 35.8 Å². The Kier molecular flexibility index (Phi) is 17.0. The molecule has 2 heterocycles. The quantitative estimate of drug-likeness (QED) is 0.0392. The van der Waals surface area contributed by atoms with Gasteiger partial charge in [0.25, 0.3) is 0 Å². The maximum atomic E-state index is 12.5. The van der Waals surface area contributed by atoms with Crippen molar-refractivity contribution in [3.63, 3.8) is 0 Å². The van der Waals surface area contributed by atoms with Crippen molar-refractivity contribution in [2.24, 2.45) is 51.8 Å². The van der Waals surface area contributed by atoms with E-state index >= 15 is 0 Å². The molecule has 0 amide bonds. The molecule has 0 radical (unpaired) electrons. The van der Waals surface area contributed by atoms with Gasteiger partial charge in [-0.05, 0) is 107 Å². The Balaban J connectivity index is 0.789. The highest BCUT2D eigenvalue weighted by Gasteiger charge is 2.42. The first-order valence-corrected chi connectivity index (χ1v) is 27.1. The minimum atomic E-state index is -4.78. The van der Waals surface area contributed by atoms with Crippen LogP contribution in [0.1, 0.15) is 51.6 Å². The van der Waals surface area contributed by atoms with Crippen LogP contribution in [0.2, 0.25) is 0 Å². The van der Waals surface area contributed by atoms with Crippen LogP contribution in [-0.4, -0.2) is 84.4 Å². The van der Waals surface area contributed by atoms with Crippen LogP contribution < -0.4 is 30.7 Å². The van der Waals surface area contributed by atoms with Gasteiger partial charge in [0.15, 0.2) is 10.3 Å². The summed E-state index contributed by atoms with van der Waals surface area (Å²) in [5.74, 6) is 2.01. The lowest BCUT2D eigenvalue weighted by Crippen LogP contribution is -2.24. The van der Waals surface area contributed by atoms with E-state index < -0.39 is 12.7 Å². The molecule has 14 nitrogen and oxygen atoms in total. The van der Waals surface area contributed by atoms with Gasteiger partial charge < -0.3 is 30.7 Å². The van der Waals surface area contributed by atoms with Crippen molar-refractivity contribution in [1.82, 2.24) is 0 Å².